The Morgan fingerprint density at radius 3 is 2.42 bits per heavy atom. The lowest BCUT2D eigenvalue weighted by Crippen LogP contribution is -2.34. The number of rotatable bonds is 4. The van der Waals surface area contributed by atoms with Crippen molar-refractivity contribution in [2.75, 3.05) is 19.1 Å². The number of carbonyl (C=O) groups is 1. The van der Waals surface area contributed by atoms with Gasteiger partial charge in [-0.2, -0.15) is 0 Å². The predicted octanol–water partition coefficient (Wildman–Crippen LogP) is 3.24. The van der Waals surface area contributed by atoms with Gasteiger partial charge in [-0.3, -0.25) is 9.74 Å². The number of amides is 1. The first-order valence-corrected chi connectivity index (χ1v) is 7.38. The van der Waals surface area contributed by atoms with Crippen molar-refractivity contribution in [3.8, 4) is 17.0 Å². The third-order valence-electron chi connectivity index (χ3n) is 3.54. The van der Waals surface area contributed by atoms with Crippen LogP contribution in [0.2, 0.25) is 0 Å². The van der Waals surface area contributed by atoms with E-state index in [-0.39, 0.29) is 0 Å². The van der Waals surface area contributed by atoms with E-state index in [1.807, 2.05) is 54.6 Å². The van der Waals surface area contributed by atoms with Gasteiger partial charge in [-0.1, -0.05) is 23.0 Å². The minimum absolute atomic E-state index is 0.523. The molecule has 1 aromatic heterocycles. The Labute approximate surface area is 139 Å². The molecule has 0 spiro atoms. The van der Waals surface area contributed by atoms with Crippen molar-refractivity contribution >= 4 is 11.8 Å². The van der Waals surface area contributed by atoms with E-state index in [1.165, 1.54) is 4.90 Å². The number of hydrogen-bond acceptors (Lipinski definition) is 4. The van der Waals surface area contributed by atoms with Crippen LogP contribution in [0.15, 0.2) is 66.9 Å². The highest BCUT2D eigenvalue weighted by atomic mass is 16.7. The molecule has 2 aromatic carbocycles. The standard InChI is InChI=1S/C18H17N3O3/c1-20(15-6-4-3-5-7-15)18(22)24-21-13-12-17(19-21)14-8-10-16(23-2)11-9-14/h3-13H,1-2H3. The molecule has 0 aliphatic carbocycles. The van der Waals surface area contributed by atoms with Gasteiger partial charge < -0.3 is 4.74 Å². The minimum Gasteiger partial charge on any atom is -0.497 e. The average Bonchev–Trinajstić information content (AvgIpc) is 3.10. The largest absolute Gasteiger partial charge is 0.497 e. The highest BCUT2D eigenvalue weighted by Gasteiger charge is 2.14. The molecule has 0 aliphatic rings. The Morgan fingerprint density at radius 2 is 1.75 bits per heavy atom. The summed E-state index contributed by atoms with van der Waals surface area (Å²) in [7, 11) is 3.26. The molecule has 0 atom stereocenters. The van der Waals surface area contributed by atoms with Crippen molar-refractivity contribution in [3.63, 3.8) is 0 Å². The Morgan fingerprint density at radius 1 is 1.04 bits per heavy atom. The maximum Gasteiger partial charge on any atom is 0.440 e. The number of benzene rings is 2. The molecule has 0 N–H and O–H groups in total. The predicted molar refractivity (Wildman–Crippen MR) is 91.0 cm³/mol. The fourth-order valence-electron chi connectivity index (χ4n) is 2.17. The Kier molecular flexibility index (Phi) is 4.47. The summed E-state index contributed by atoms with van der Waals surface area (Å²) in [5.41, 5.74) is 2.35. The number of hydrogen-bond donors (Lipinski definition) is 0. The van der Waals surface area contributed by atoms with Gasteiger partial charge in [0.05, 0.1) is 19.0 Å². The summed E-state index contributed by atoms with van der Waals surface area (Å²) in [4.78, 5) is 20.0. The summed E-state index contributed by atoms with van der Waals surface area (Å²) >= 11 is 0. The maximum atomic E-state index is 12.2. The molecule has 0 fully saturated rings. The van der Waals surface area contributed by atoms with E-state index in [2.05, 4.69) is 5.10 Å². The highest BCUT2D eigenvalue weighted by Crippen LogP contribution is 2.20. The summed E-state index contributed by atoms with van der Waals surface area (Å²) < 4.78 is 5.13. The van der Waals surface area contributed by atoms with E-state index in [9.17, 15) is 4.79 Å². The van der Waals surface area contributed by atoms with Gasteiger partial charge >= 0.3 is 6.09 Å². The molecule has 0 unspecified atom stereocenters. The lowest BCUT2D eigenvalue weighted by atomic mass is 10.1. The molecule has 6 heteroatoms. The first-order valence-electron chi connectivity index (χ1n) is 7.38. The van der Waals surface area contributed by atoms with Crippen molar-refractivity contribution in [3.05, 3.63) is 66.9 Å². The number of aromatic nitrogens is 2. The second-order valence-corrected chi connectivity index (χ2v) is 5.08. The molecular formula is C18H17N3O3. The van der Waals surface area contributed by atoms with Crippen molar-refractivity contribution in [1.82, 2.24) is 9.94 Å². The summed E-state index contributed by atoms with van der Waals surface area (Å²) in [5.74, 6) is 0.772. The third-order valence-corrected chi connectivity index (χ3v) is 3.54. The van der Waals surface area contributed by atoms with Gasteiger partial charge in [-0.15, -0.1) is 5.10 Å². The molecule has 3 rings (SSSR count). The van der Waals surface area contributed by atoms with Crippen molar-refractivity contribution < 1.29 is 14.4 Å². The molecule has 0 bridgehead atoms. The quantitative estimate of drug-likeness (QED) is 0.739. The van der Waals surface area contributed by atoms with Gasteiger partial charge in [0.1, 0.15) is 5.75 Å². The van der Waals surface area contributed by atoms with Gasteiger partial charge in [-0.25, -0.2) is 4.79 Å². The Balaban J connectivity index is 1.70. The number of methoxy groups -OCH3 is 1. The zero-order valence-electron chi connectivity index (χ0n) is 13.4. The van der Waals surface area contributed by atoms with Crippen LogP contribution in [-0.4, -0.2) is 30.2 Å². The van der Waals surface area contributed by atoms with Gasteiger partial charge in [0, 0.05) is 18.3 Å². The zero-order chi connectivity index (χ0) is 16.9. The van der Waals surface area contributed by atoms with Crippen LogP contribution in [0.1, 0.15) is 0 Å². The average molecular weight is 323 g/mol. The number of ether oxygens (including phenoxy) is 1. The number of carbonyl (C=O) groups excluding carboxylic acids is 1. The van der Waals surface area contributed by atoms with Crippen LogP contribution >= 0.6 is 0 Å². The molecule has 0 radical (unpaired) electrons. The summed E-state index contributed by atoms with van der Waals surface area (Å²) in [5, 5.41) is 4.26. The molecule has 0 aliphatic heterocycles. The lowest BCUT2D eigenvalue weighted by molar-refractivity contribution is 0.124. The monoisotopic (exact) mass is 323 g/mol. The second kappa shape index (κ2) is 6.87. The van der Waals surface area contributed by atoms with E-state index >= 15 is 0 Å². The summed E-state index contributed by atoms with van der Waals surface area (Å²) in [6.07, 6.45) is 1.07. The number of nitrogens with zero attached hydrogens (tertiary/aromatic N) is 3. The summed E-state index contributed by atoms with van der Waals surface area (Å²) in [6.45, 7) is 0. The molecule has 3 aromatic rings. The number of anilines is 1. The fraction of sp³-hybridized carbons (Fsp3) is 0.111. The van der Waals surface area contributed by atoms with E-state index in [4.69, 9.17) is 9.57 Å². The number of para-hydroxylation sites is 1. The molecule has 6 nitrogen and oxygen atoms in total. The van der Waals surface area contributed by atoms with E-state index in [0.29, 0.717) is 5.69 Å². The Hall–Kier alpha value is -3.28. The third kappa shape index (κ3) is 3.38. The fourth-order valence-corrected chi connectivity index (χ4v) is 2.17. The second-order valence-electron chi connectivity index (χ2n) is 5.08. The molecule has 0 saturated carbocycles. The Bertz CT molecular complexity index is 813. The maximum absolute atomic E-state index is 12.2. The van der Waals surface area contributed by atoms with Crippen molar-refractivity contribution in [2.45, 2.75) is 0 Å². The minimum atomic E-state index is -0.523. The van der Waals surface area contributed by atoms with Crippen molar-refractivity contribution in [2.24, 2.45) is 0 Å². The zero-order valence-corrected chi connectivity index (χ0v) is 13.4. The molecule has 0 saturated heterocycles. The summed E-state index contributed by atoms with van der Waals surface area (Å²) in [6, 6.07) is 18.5. The lowest BCUT2D eigenvalue weighted by Gasteiger charge is -2.15. The van der Waals surface area contributed by atoms with Crippen LogP contribution in [0, 0.1) is 0 Å². The highest BCUT2D eigenvalue weighted by molar-refractivity contribution is 5.87. The van der Waals surface area contributed by atoms with Crippen LogP contribution < -0.4 is 14.5 Å². The normalized spacial score (nSPS) is 10.2. The smallest absolute Gasteiger partial charge is 0.440 e. The van der Waals surface area contributed by atoms with Gasteiger partial charge in [0.15, 0.2) is 0 Å². The molecule has 1 amide bonds. The molecule has 122 valence electrons. The van der Waals surface area contributed by atoms with Gasteiger partial charge in [0.25, 0.3) is 0 Å². The van der Waals surface area contributed by atoms with Crippen LogP contribution in [0.4, 0.5) is 10.5 Å². The topological polar surface area (TPSA) is 56.6 Å². The van der Waals surface area contributed by atoms with E-state index < -0.39 is 6.09 Å². The van der Waals surface area contributed by atoms with E-state index in [1.54, 1.807) is 26.4 Å². The van der Waals surface area contributed by atoms with E-state index in [0.717, 1.165) is 21.8 Å². The molecule has 24 heavy (non-hydrogen) atoms. The first-order chi connectivity index (χ1) is 11.7. The van der Waals surface area contributed by atoms with Crippen LogP contribution in [0.5, 0.6) is 5.75 Å². The first kappa shape index (κ1) is 15.6. The SMILES string of the molecule is COc1ccc(-c2ccn(OC(=O)N(C)c3ccccc3)n2)cc1. The van der Waals surface area contributed by atoms with Gasteiger partial charge in [0.2, 0.25) is 0 Å². The van der Waals surface area contributed by atoms with Crippen LogP contribution in [-0.2, 0) is 0 Å². The molecule has 1 heterocycles. The van der Waals surface area contributed by atoms with Gasteiger partial charge in [-0.05, 0) is 42.5 Å². The van der Waals surface area contributed by atoms with Crippen LogP contribution in [0.25, 0.3) is 11.3 Å². The van der Waals surface area contributed by atoms with Crippen molar-refractivity contribution in [1.29, 1.82) is 0 Å². The van der Waals surface area contributed by atoms with Crippen LogP contribution in [0.3, 0.4) is 0 Å². The molecular weight excluding hydrogens is 306 g/mol.